The number of carbonyl (C=O) groups is 2. The summed E-state index contributed by atoms with van der Waals surface area (Å²) < 4.78 is 13.9. The van der Waals surface area contributed by atoms with Crippen LogP contribution in [0.1, 0.15) is 33.6 Å². The Bertz CT molecular complexity index is 1130. The third kappa shape index (κ3) is 3.73. The van der Waals surface area contributed by atoms with Crippen molar-refractivity contribution in [3.63, 3.8) is 0 Å². The fraction of sp³-hybridized carbons (Fsp3) is 0.238. The zero-order chi connectivity index (χ0) is 21.3. The fourth-order valence-electron chi connectivity index (χ4n) is 3.71. The summed E-state index contributed by atoms with van der Waals surface area (Å²) in [4.78, 5) is 40.3. The van der Waals surface area contributed by atoms with E-state index in [1.165, 1.54) is 36.5 Å². The molecule has 2 heterocycles. The van der Waals surface area contributed by atoms with Crippen LogP contribution in [0.15, 0.2) is 48.7 Å². The van der Waals surface area contributed by atoms with Gasteiger partial charge in [-0.15, -0.1) is 0 Å². The summed E-state index contributed by atoms with van der Waals surface area (Å²) in [6.07, 6.45) is 2.60. The van der Waals surface area contributed by atoms with Gasteiger partial charge in [0.2, 0.25) is 0 Å². The molecule has 8 nitrogen and oxygen atoms in total. The molecule has 0 unspecified atom stereocenters. The van der Waals surface area contributed by atoms with Crippen LogP contribution in [0, 0.1) is 15.9 Å². The van der Waals surface area contributed by atoms with Gasteiger partial charge in [0.15, 0.2) is 0 Å². The van der Waals surface area contributed by atoms with E-state index in [1.807, 2.05) is 0 Å². The smallest absolute Gasteiger partial charge is 0.270 e. The van der Waals surface area contributed by atoms with Crippen molar-refractivity contribution in [1.29, 1.82) is 0 Å². The first kappa shape index (κ1) is 19.6. The summed E-state index contributed by atoms with van der Waals surface area (Å²) in [5, 5.41) is 14.4. The zero-order valence-corrected chi connectivity index (χ0v) is 15.9. The van der Waals surface area contributed by atoms with Gasteiger partial charge in [0, 0.05) is 48.4 Å². The van der Waals surface area contributed by atoms with E-state index in [1.54, 1.807) is 17.0 Å². The number of non-ortho nitro benzene ring substituents is 1. The summed E-state index contributed by atoms with van der Waals surface area (Å²) in [5.41, 5.74) is 0.922. The van der Waals surface area contributed by atoms with Crippen LogP contribution in [0.5, 0.6) is 0 Å². The molecule has 1 fully saturated rings. The van der Waals surface area contributed by atoms with Gasteiger partial charge in [0.05, 0.1) is 16.1 Å². The number of benzene rings is 2. The highest BCUT2D eigenvalue weighted by Gasteiger charge is 2.27. The molecule has 0 aliphatic carbocycles. The first-order chi connectivity index (χ1) is 14.4. The molecule has 2 aromatic carbocycles. The highest BCUT2D eigenvalue weighted by molar-refractivity contribution is 6.07. The largest absolute Gasteiger partial charge is 0.360 e. The number of nitro benzene ring substituents is 1. The number of fused-ring (bicyclic) bond motifs is 1. The molecule has 30 heavy (non-hydrogen) atoms. The van der Waals surface area contributed by atoms with Crippen molar-refractivity contribution >= 4 is 28.4 Å². The molecule has 1 aromatic heterocycles. The molecule has 9 heteroatoms. The van der Waals surface area contributed by atoms with Gasteiger partial charge in [0.25, 0.3) is 17.5 Å². The number of halogens is 1. The third-order valence-corrected chi connectivity index (χ3v) is 5.34. The molecular formula is C21H19FN4O4. The van der Waals surface area contributed by atoms with Crippen molar-refractivity contribution in [1.82, 2.24) is 15.2 Å². The Morgan fingerprint density at radius 3 is 2.57 bits per heavy atom. The molecule has 0 saturated carbocycles. The number of carbonyl (C=O) groups excluding carboxylic acids is 2. The number of H-pyrrole nitrogens is 1. The Morgan fingerprint density at radius 2 is 1.87 bits per heavy atom. The van der Waals surface area contributed by atoms with Crippen LogP contribution in [0.2, 0.25) is 0 Å². The summed E-state index contributed by atoms with van der Waals surface area (Å²) >= 11 is 0. The topological polar surface area (TPSA) is 108 Å². The van der Waals surface area contributed by atoms with Gasteiger partial charge in [-0.3, -0.25) is 19.7 Å². The van der Waals surface area contributed by atoms with Gasteiger partial charge in [-0.05, 0) is 31.0 Å². The molecule has 0 spiro atoms. The van der Waals surface area contributed by atoms with Crippen molar-refractivity contribution in [2.45, 2.75) is 18.9 Å². The number of likely N-dealkylation sites (tertiary alicyclic amines) is 1. The van der Waals surface area contributed by atoms with Gasteiger partial charge >= 0.3 is 0 Å². The molecule has 3 aromatic rings. The minimum atomic E-state index is -0.550. The lowest BCUT2D eigenvalue weighted by Gasteiger charge is -2.32. The minimum Gasteiger partial charge on any atom is -0.360 e. The van der Waals surface area contributed by atoms with Gasteiger partial charge in [-0.1, -0.05) is 12.1 Å². The molecular weight excluding hydrogens is 391 g/mol. The maximum absolute atomic E-state index is 13.9. The second-order valence-electron chi connectivity index (χ2n) is 7.21. The number of aromatic nitrogens is 1. The van der Waals surface area contributed by atoms with E-state index in [0.717, 1.165) is 0 Å². The normalized spacial score (nSPS) is 14.6. The predicted octanol–water partition coefficient (Wildman–Crippen LogP) is 3.25. The number of nitrogens with zero attached hydrogens (tertiary/aromatic N) is 2. The molecule has 1 aliphatic heterocycles. The Morgan fingerprint density at radius 1 is 1.13 bits per heavy atom. The maximum atomic E-state index is 13.9. The highest BCUT2D eigenvalue weighted by Crippen LogP contribution is 2.24. The molecule has 1 aliphatic rings. The van der Waals surface area contributed by atoms with Crippen molar-refractivity contribution in [3.05, 3.63) is 75.7 Å². The summed E-state index contributed by atoms with van der Waals surface area (Å²) in [7, 11) is 0. The fourth-order valence-corrected chi connectivity index (χ4v) is 3.71. The van der Waals surface area contributed by atoms with Crippen molar-refractivity contribution in [3.8, 4) is 0 Å². The number of piperidine rings is 1. The van der Waals surface area contributed by atoms with E-state index in [9.17, 15) is 24.1 Å². The van der Waals surface area contributed by atoms with Crippen molar-refractivity contribution in [2.24, 2.45) is 0 Å². The van der Waals surface area contributed by atoms with E-state index in [2.05, 4.69) is 10.3 Å². The predicted molar refractivity (Wildman–Crippen MR) is 108 cm³/mol. The molecule has 2 N–H and O–H groups in total. The number of hydrogen-bond acceptors (Lipinski definition) is 4. The average molecular weight is 410 g/mol. The van der Waals surface area contributed by atoms with Gasteiger partial charge in [0.1, 0.15) is 5.82 Å². The van der Waals surface area contributed by atoms with Gasteiger partial charge in [-0.2, -0.15) is 0 Å². The first-order valence-electron chi connectivity index (χ1n) is 9.54. The molecule has 4 rings (SSSR count). The lowest BCUT2D eigenvalue weighted by molar-refractivity contribution is -0.384. The van der Waals surface area contributed by atoms with Gasteiger partial charge < -0.3 is 15.2 Å². The van der Waals surface area contributed by atoms with Crippen LogP contribution >= 0.6 is 0 Å². The first-order valence-corrected chi connectivity index (χ1v) is 9.54. The summed E-state index contributed by atoms with van der Waals surface area (Å²) in [5.74, 6) is -1.24. The SMILES string of the molecule is O=C(NC1CCN(C(=O)c2ccccc2F)CC1)c1c[nH]c2ccc([N+](=O)[O-])cc12. The van der Waals surface area contributed by atoms with E-state index >= 15 is 0 Å². The number of nitro groups is 1. The number of amides is 2. The Kier molecular flexibility index (Phi) is 5.18. The zero-order valence-electron chi connectivity index (χ0n) is 15.9. The van der Waals surface area contributed by atoms with E-state index in [0.29, 0.717) is 42.4 Å². The Hall–Kier alpha value is -3.75. The van der Waals surface area contributed by atoms with Gasteiger partial charge in [-0.25, -0.2) is 4.39 Å². The minimum absolute atomic E-state index is 0.0420. The van der Waals surface area contributed by atoms with E-state index < -0.39 is 10.7 Å². The van der Waals surface area contributed by atoms with Crippen LogP contribution in [0.3, 0.4) is 0 Å². The Balaban J connectivity index is 1.41. The molecule has 1 saturated heterocycles. The third-order valence-electron chi connectivity index (χ3n) is 5.34. The standard InChI is InChI=1S/C21H19FN4O4/c22-18-4-2-1-3-15(18)21(28)25-9-7-13(8-10-25)24-20(27)17-12-23-19-6-5-14(26(29)30)11-16(17)19/h1-6,11-13,23H,7-10H2,(H,24,27). The lowest BCUT2D eigenvalue weighted by atomic mass is 10.0. The van der Waals surface area contributed by atoms with Crippen LogP contribution in [0.25, 0.3) is 10.9 Å². The van der Waals surface area contributed by atoms with Crippen LogP contribution < -0.4 is 5.32 Å². The summed E-state index contributed by atoms with van der Waals surface area (Å²) in [6.45, 7) is 0.801. The Labute approximate surface area is 170 Å². The summed E-state index contributed by atoms with van der Waals surface area (Å²) in [6, 6.07) is 10.0. The highest BCUT2D eigenvalue weighted by atomic mass is 19.1. The van der Waals surface area contributed by atoms with Crippen LogP contribution in [0.4, 0.5) is 10.1 Å². The molecule has 0 radical (unpaired) electrons. The second kappa shape index (κ2) is 7.94. The molecule has 0 bridgehead atoms. The van der Waals surface area contributed by atoms with Crippen LogP contribution in [-0.4, -0.2) is 45.8 Å². The van der Waals surface area contributed by atoms with Crippen molar-refractivity contribution < 1.29 is 18.9 Å². The van der Waals surface area contributed by atoms with E-state index in [-0.39, 0.29) is 29.1 Å². The van der Waals surface area contributed by atoms with E-state index in [4.69, 9.17) is 0 Å². The average Bonchev–Trinajstić information content (AvgIpc) is 3.17. The maximum Gasteiger partial charge on any atom is 0.270 e. The number of nitrogens with one attached hydrogen (secondary N) is 2. The molecule has 154 valence electrons. The number of rotatable bonds is 4. The monoisotopic (exact) mass is 410 g/mol. The lowest BCUT2D eigenvalue weighted by Crippen LogP contribution is -2.46. The quantitative estimate of drug-likeness (QED) is 0.508. The van der Waals surface area contributed by atoms with Crippen LogP contribution in [-0.2, 0) is 0 Å². The molecule has 2 amide bonds. The number of aromatic amines is 1. The number of hydrogen-bond donors (Lipinski definition) is 2. The van der Waals surface area contributed by atoms with Crippen molar-refractivity contribution in [2.75, 3.05) is 13.1 Å². The second-order valence-corrected chi connectivity index (χ2v) is 7.21. The molecule has 0 atom stereocenters.